The maximum atomic E-state index is 12.2. The number of aromatic nitrogens is 1. The molecule has 0 saturated carbocycles. The average molecular weight is 349 g/mol. The molecule has 0 fully saturated rings. The van der Waals surface area contributed by atoms with Gasteiger partial charge in [0.05, 0.1) is 4.90 Å². The van der Waals surface area contributed by atoms with Crippen LogP contribution >= 0.6 is 0 Å². The Morgan fingerprint density at radius 3 is 2.50 bits per heavy atom. The Bertz CT molecular complexity index is 839. The molecule has 0 radical (unpaired) electrons. The number of carbonyl (C=O) groups excluding carboxylic acids is 1. The Morgan fingerprint density at radius 1 is 1.21 bits per heavy atom. The van der Waals surface area contributed by atoms with Crippen molar-refractivity contribution in [3.8, 4) is 0 Å². The van der Waals surface area contributed by atoms with Crippen LogP contribution in [-0.4, -0.2) is 24.9 Å². The van der Waals surface area contributed by atoms with Gasteiger partial charge in [0.1, 0.15) is 5.69 Å². The van der Waals surface area contributed by atoms with E-state index in [9.17, 15) is 13.2 Å². The molecular formula is C17H23N3O3S. The lowest BCUT2D eigenvalue weighted by molar-refractivity contribution is 0.0942. The molecule has 24 heavy (non-hydrogen) atoms. The quantitative estimate of drug-likeness (QED) is 0.836. The fraction of sp³-hybridized carbons (Fsp3) is 0.353. The van der Waals surface area contributed by atoms with Crippen LogP contribution < -0.4 is 10.0 Å². The summed E-state index contributed by atoms with van der Waals surface area (Å²) < 4.78 is 28.8. The Labute approximate surface area is 142 Å². The number of benzene rings is 1. The van der Waals surface area contributed by atoms with Crippen molar-refractivity contribution in [3.63, 3.8) is 0 Å². The SMILES string of the molecule is Cc1ccc(C(=O)NCc2cccc(S(=O)(=O)NC(C)C)c2)n1C. The molecule has 0 atom stereocenters. The van der Waals surface area contributed by atoms with E-state index in [1.807, 2.05) is 24.6 Å². The van der Waals surface area contributed by atoms with Crippen molar-refractivity contribution in [1.29, 1.82) is 0 Å². The average Bonchev–Trinajstić information content (AvgIpc) is 2.84. The molecule has 1 aromatic heterocycles. The first-order valence-electron chi connectivity index (χ1n) is 7.72. The Hall–Kier alpha value is -2.12. The molecule has 1 aromatic carbocycles. The lowest BCUT2D eigenvalue weighted by Gasteiger charge is -2.11. The van der Waals surface area contributed by atoms with Crippen LogP contribution in [0, 0.1) is 6.92 Å². The molecule has 2 rings (SSSR count). The smallest absolute Gasteiger partial charge is 0.268 e. The number of sulfonamides is 1. The van der Waals surface area contributed by atoms with E-state index in [0.717, 1.165) is 11.3 Å². The summed E-state index contributed by atoms with van der Waals surface area (Å²) >= 11 is 0. The zero-order valence-electron chi connectivity index (χ0n) is 14.3. The van der Waals surface area contributed by atoms with Crippen molar-refractivity contribution in [2.24, 2.45) is 7.05 Å². The monoisotopic (exact) mass is 349 g/mol. The third-order valence-corrected chi connectivity index (χ3v) is 5.31. The van der Waals surface area contributed by atoms with Crippen LogP contribution in [0.5, 0.6) is 0 Å². The summed E-state index contributed by atoms with van der Waals surface area (Å²) in [6.45, 7) is 5.72. The summed E-state index contributed by atoms with van der Waals surface area (Å²) in [7, 11) is -1.71. The highest BCUT2D eigenvalue weighted by Gasteiger charge is 2.16. The van der Waals surface area contributed by atoms with Gasteiger partial charge in [-0.1, -0.05) is 12.1 Å². The summed E-state index contributed by atoms with van der Waals surface area (Å²) in [6, 6.07) is 10.0. The second-order valence-corrected chi connectivity index (χ2v) is 7.74. The fourth-order valence-electron chi connectivity index (χ4n) is 2.31. The summed E-state index contributed by atoms with van der Waals surface area (Å²) in [6.07, 6.45) is 0. The number of amides is 1. The first-order valence-corrected chi connectivity index (χ1v) is 9.21. The number of hydrogen-bond donors (Lipinski definition) is 2. The minimum Gasteiger partial charge on any atom is -0.347 e. The predicted octanol–water partition coefficient (Wildman–Crippen LogP) is 1.95. The number of nitrogens with one attached hydrogen (secondary N) is 2. The zero-order valence-corrected chi connectivity index (χ0v) is 15.1. The standard InChI is InChI=1S/C17H23N3O3S/c1-12(2)19-24(22,23)15-7-5-6-14(10-15)11-18-17(21)16-9-8-13(3)20(16)4/h5-10,12,19H,11H2,1-4H3,(H,18,21). The highest BCUT2D eigenvalue weighted by molar-refractivity contribution is 7.89. The minimum absolute atomic E-state index is 0.182. The van der Waals surface area contributed by atoms with Crippen LogP contribution in [-0.2, 0) is 23.6 Å². The minimum atomic E-state index is -3.54. The fourth-order valence-corrected chi connectivity index (χ4v) is 3.64. The zero-order chi connectivity index (χ0) is 17.9. The number of carbonyl (C=O) groups is 1. The molecule has 1 amide bonds. The van der Waals surface area contributed by atoms with E-state index in [1.54, 1.807) is 38.1 Å². The third kappa shape index (κ3) is 4.24. The summed E-state index contributed by atoms with van der Waals surface area (Å²) in [5, 5.41) is 2.81. The van der Waals surface area contributed by atoms with Gasteiger partial charge in [-0.3, -0.25) is 4.79 Å². The van der Waals surface area contributed by atoms with Crippen molar-refractivity contribution in [2.45, 2.75) is 38.3 Å². The van der Waals surface area contributed by atoms with Crippen LogP contribution in [0.3, 0.4) is 0 Å². The molecule has 6 nitrogen and oxygen atoms in total. The van der Waals surface area contributed by atoms with Crippen molar-refractivity contribution in [3.05, 3.63) is 53.3 Å². The third-order valence-electron chi connectivity index (χ3n) is 3.66. The van der Waals surface area contributed by atoms with Crippen LogP contribution in [0.4, 0.5) is 0 Å². The Kier molecular flexibility index (Phi) is 5.46. The highest BCUT2D eigenvalue weighted by Crippen LogP contribution is 2.12. The van der Waals surface area contributed by atoms with Gasteiger partial charge >= 0.3 is 0 Å². The summed E-state index contributed by atoms with van der Waals surface area (Å²) in [4.78, 5) is 12.4. The van der Waals surface area contributed by atoms with Crippen LogP contribution in [0.2, 0.25) is 0 Å². The van der Waals surface area contributed by atoms with E-state index < -0.39 is 10.0 Å². The molecule has 0 aliphatic carbocycles. The summed E-state index contributed by atoms with van der Waals surface area (Å²) in [5.41, 5.74) is 2.28. The van der Waals surface area contributed by atoms with Crippen molar-refractivity contribution >= 4 is 15.9 Å². The number of rotatable bonds is 6. The predicted molar refractivity (Wildman–Crippen MR) is 93.2 cm³/mol. The Balaban J connectivity index is 2.10. The molecule has 0 spiro atoms. The Morgan fingerprint density at radius 2 is 1.92 bits per heavy atom. The molecule has 0 aliphatic rings. The first-order chi connectivity index (χ1) is 11.2. The lowest BCUT2D eigenvalue weighted by atomic mass is 10.2. The van der Waals surface area contributed by atoms with Crippen LogP contribution in [0.25, 0.3) is 0 Å². The van der Waals surface area contributed by atoms with Gasteiger partial charge < -0.3 is 9.88 Å². The van der Waals surface area contributed by atoms with E-state index >= 15 is 0 Å². The van der Waals surface area contributed by atoms with Crippen molar-refractivity contribution < 1.29 is 13.2 Å². The van der Waals surface area contributed by atoms with Gasteiger partial charge in [0, 0.05) is 25.3 Å². The normalized spacial score (nSPS) is 11.7. The van der Waals surface area contributed by atoms with Gasteiger partial charge in [-0.2, -0.15) is 0 Å². The molecule has 0 unspecified atom stereocenters. The number of hydrogen-bond acceptors (Lipinski definition) is 3. The molecule has 2 aromatic rings. The highest BCUT2D eigenvalue weighted by atomic mass is 32.2. The second kappa shape index (κ2) is 7.19. The molecule has 0 aliphatic heterocycles. The van der Waals surface area contributed by atoms with E-state index in [2.05, 4.69) is 10.0 Å². The van der Waals surface area contributed by atoms with Gasteiger partial charge in [-0.15, -0.1) is 0 Å². The second-order valence-electron chi connectivity index (χ2n) is 6.03. The van der Waals surface area contributed by atoms with E-state index in [1.165, 1.54) is 6.07 Å². The summed E-state index contributed by atoms with van der Waals surface area (Å²) in [5.74, 6) is -0.195. The van der Waals surface area contributed by atoms with E-state index in [-0.39, 0.29) is 23.4 Å². The molecule has 2 N–H and O–H groups in total. The molecule has 0 bridgehead atoms. The number of aryl methyl sites for hydroxylation is 1. The van der Waals surface area contributed by atoms with E-state index in [0.29, 0.717) is 5.69 Å². The van der Waals surface area contributed by atoms with Gasteiger partial charge in [0.2, 0.25) is 10.0 Å². The van der Waals surface area contributed by atoms with Gasteiger partial charge in [0.25, 0.3) is 5.91 Å². The largest absolute Gasteiger partial charge is 0.347 e. The van der Waals surface area contributed by atoms with Crippen LogP contribution in [0.1, 0.15) is 35.6 Å². The number of nitrogens with zero attached hydrogens (tertiary/aromatic N) is 1. The maximum absolute atomic E-state index is 12.2. The maximum Gasteiger partial charge on any atom is 0.268 e. The van der Waals surface area contributed by atoms with Gasteiger partial charge in [-0.05, 0) is 50.6 Å². The van der Waals surface area contributed by atoms with E-state index in [4.69, 9.17) is 0 Å². The van der Waals surface area contributed by atoms with Crippen molar-refractivity contribution in [2.75, 3.05) is 0 Å². The first kappa shape index (κ1) is 18.2. The molecule has 1 heterocycles. The van der Waals surface area contributed by atoms with Gasteiger partial charge in [-0.25, -0.2) is 13.1 Å². The van der Waals surface area contributed by atoms with Crippen LogP contribution in [0.15, 0.2) is 41.3 Å². The molecular weight excluding hydrogens is 326 g/mol. The molecule has 7 heteroatoms. The van der Waals surface area contributed by atoms with Crippen molar-refractivity contribution in [1.82, 2.24) is 14.6 Å². The molecule has 130 valence electrons. The molecule has 0 saturated heterocycles. The van der Waals surface area contributed by atoms with Gasteiger partial charge in [0.15, 0.2) is 0 Å². The lowest BCUT2D eigenvalue weighted by Crippen LogP contribution is -2.30. The topological polar surface area (TPSA) is 80.2 Å².